The highest BCUT2D eigenvalue weighted by atomic mass is 35.5. The van der Waals surface area contributed by atoms with Crippen LogP contribution in [0.15, 0.2) is 36.4 Å². The number of nitrogens with zero attached hydrogens (tertiary/aromatic N) is 2. The maximum Gasteiger partial charge on any atom is 0.269 e. The van der Waals surface area contributed by atoms with Gasteiger partial charge in [-0.15, -0.1) is 6.42 Å². The molecule has 0 N–H and O–H groups in total. The van der Waals surface area contributed by atoms with Crippen molar-refractivity contribution in [3.8, 4) is 29.9 Å². The molecule has 0 atom stereocenters. The molecule has 0 amide bonds. The van der Waals surface area contributed by atoms with Crippen molar-refractivity contribution in [2.75, 3.05) is 13.7 Å². The molecular formula is C19H13ClN2O4. The molecule has 130 valence electrons. The number of hydrogen-bond donors (Lipinski definition) is 0. The number of methoxy groups -OCH3 is 1. The van der Waals surface area contributed by atoms with E-state index in [0.29, 0.717) is 28.2 Å². The number of nitro groups is 1. The number of hydrogen-bond acceptors (Lipinski definition) is 5. The summed E-state index contributed by atoms with van der Waals surface area (Å²) >= 11 is 6.22. The summed E-state index contributed by atoms with van der Waals surface area (Å²) in [5.74, 6) is 3.04. The molecule has 2 rings (SSSR count). The van der Waals surface area contributed by atoms with Crippen LogP contribution in [0, 0.1) is 33.8 Å². The van der Waals surface area contributed by atoms with Crippen LogP contribution in [0.3, 0.4) is 0 Å². The number of nitriles is 1. The number of terminal acetylenes is 1. The normalized spacial score (nSPS) is 10.5. The van der Waals surface area contributed by atoms with Gasteiger partial charge in [-0.1, -0.05) is 17.5 Å². The van der Waals surface area contributed by atoms with Crippen LogP contribution in [0.25, 0.3) is 11.6 Å². The molecule has 26 heavy (non-hydrogen) atoms. The van der Waals surface area contributed by atoms with Crippen LogP contribution in [0.4, 0.5) is 5.69 Å². The lowest BCUT2D eigenvalue weighted by Gasteiger charge is -2.12. The maximum absolute atomic E-state index is 10.7. The van der Waals surface area contributed by atoms with Crippen LogP contribution in [0.5, 0.6) is 11.5 Å². The lowest BCUT2D eigenvalue weighted by Crippen LogP contribution is -1.98. The zero-order valence-electron chi connectivity index (χ0n) is 13.7. The third kappa shape index (κ3) is 4.32. The van der Waals surface area contributed by atoms with E-state index in [9.17, 15) is 15.4 Å². The van der Waals surface area contributed by atoms with Gasteiger partial charge in [-0.25, -0.2) is 0 Å². The molecule has 0 radical (unpaired) electrons. The van der Waals surface area contributed by atoms with Crippen molar-refractivity contribution < 1.29 is 14.4 Å². The fraction of sp³-hybridized carbons (Fsp3) is 0.105. The van der Waals surface area contributed by atoms with Crippen molar-refractivity contribution in [1.82, 2.24) is 0 Å². The van der Waals surface area contributed by atoms with Gasteiger partial charge < -0.3 is 9.47 Å². The van der Waals surface area contributed by atoms with Gasteiger partial charge in [0.1, 0.15) is 6.61 Å². The summed E-state index contributed by atoms with van der Waals surface area (Å²) in [7, 11) is 1.46. The van der Waals surface area contributed by atoms with E-state index in [0.717, 1.165) is 0 Å². The van der Waals surface area contributed by atoms with Crippen LogP contribution in [0.1, 0.15) is 11.1 Å². The smallest absolute Gasteiger partial charge is 0.269 e. The van der Waals surface area contributed by atoms with Gasteiger partial charge in [0.15, 0.2) is 11.5 Å². The standard InChI is InChI=1S/C19H13ClN2O4/c1-3-8-26-19-17(20)10-13(11-18(19)25-2)9-15(12-21)14-4-6-16(7-5-14)22(23)24/h1,4-7,9-11H,8H2,2H3/b15-9-. The molecule has 0 saturated heterocycles. The van der Waals surface area contributed by atoms with Gasteiger partial charge >= 0.3 is 0 Å². The first-order valence-corrected chi connectivity index (χ1v) is 7.68. The fourth-order valence-corrected chi connectivity index (χ4v) is 2.46. The van der Waals surface area contributed by atoms with Gasteiger partial charge in [0.2, 0.25) is 0 Å². The van der Waals surface area contributed by atoms with Crippen molar-refractivity contribution >= 4 is 28.9 Å². The molecule has 0 aromatic heterocycles. The van der Waals surface area contributed by atoms with Gasteiger partial charge in [0, 0.05) is 12.1 Å². The second kappa shape index (κ2) is 8.57. The van der Waals surface area contributed by atoms with Crippen molar-refractivity contribution in [2.45, 2.75) is 0 Å². The van der Waals surface area contributed by atoms with E-state index in [4.69, 9.17) is 27.5 Å². The Bertz CT molecular complexity index is 938. The van der Waals surface area contributed by atoms with Crippen LogP contribution in [0.2, 0.25) is 5.02 Å². The Balaban J connectivity index is 2.42. The molecule has 0 aliphatic carbocycles. The van der Waals surface area contributed by atoms with Gasteiger partial charge in [0.25, 0.3) is 5.69 Å². The molecule has 2 aromatic carbocycles. The van der Waals surface area contributed by atoms with E-state index in [1.807, 2.05) is 0 Å². The molecule has 0 unspecified atom stereocenters. The van der Waals surface area contributed by atoms with Crippen LogP contribution in [-0.4, -0.2) is 18.6 Å². The molecule has 0 aliphatic rings. The van der Waals surface area contributed by atoms with E-state index in [1.54, 1.807) is 18.2 Å². The highest BCUT2D eigenvalue weighted by Crippen LogP contribution is 2.37. The largest absolute Gasteiger partial charge is 0.493 e. The Kier molecular flexibility index (Phi) is 6.21. The van der Waals surface area contributed by atoms with E-state index < -0.39 is 4.92 Å². The highest BCUT2D eigenvalue weighted by Gasteiger charge is 2.12. The highest BCUT2D eigenvalue weighted by molar-refractivity contribution is 6.32. The van der Waals surface area contributed by atoms with Crippen LogP contribution < -0.4 is 9.47 Å². The first kappa shape index (κ1) is 18.9. The zero-order valence-corrected chi connectivity index (χ0v) is 14.5. The lowest BCUT2D eigenvalue weighted by atomic mass is 10.0. The number of non-ortho nitro benzene ring substituents is 1. The van der Waals surface area contributed by atoms with Crippen molar-refractivity contribution in [3.05, 3.63) is 62.7 Å². The van der Waals surface area contributed by atoms with Crippen LogP contribution in [-0.2, 0) is 0 Å². The maximum atomic E-state index is 10.7. The Hall–Kier alpha value is -3.48. The Labute approximate surface area is 155 Å². The zero-order chi connectivity index (χ0) is 19.1. The molecule has 0 spiro atoms. The summed E-state index contributed by atoms with van der Waals surface area (Å²) < 4.78 is 10.6. The molecule has 0 heterocycles. The quantitative estimate of drug-likeness (QED) is 0.249. The Morgan fingerprint density at radius 3 is 2.62 bits per heavy atom. The molecule has 0 bridgehead atoms. The third-order valence-electron chi connectivity index (χ3n) is 3.37. The fourth-order valence-electron chi connectivity index (χ4n) is 2.19. The van der Waals surface area contributed by atoms with Gasteiger partial charge in [-0.3, -0.25) is 10.1 Å². The first-order valence-electron chi connectivity index (χ1n) is 7.30. The van der Waals surface area contributed by atoms with Crippen molar-refractivity contribution in [1.29, 1.82) is 5.26 Å². The van der Waals surface area contributed by atoms with E-state index in [2.05, 4.69) is 12.0 Å². The topological polar surface area (TPSA) is 85.4 Å². The summed E-state index contributed by atoms with van der Waals surface area (Å²) in [5.41, 5.74) is 1.41. The summed E-state index contributed by atoms with van der Waals surface area (Å²) in [6.45, 7) is 0.0392. The summed E-state index contributed by atoms with van der Waals surface area (Å²) in [4.78, 5) is 10.2. The van der Waals surface area contributed by atoms with Crippen molar-refractivity contribution in [2.24, 2.45) is 0 Å². The van der Waals surface area contributed by atoms with E-state index in [-0.39, 0.29) is 17.3 Å². The minimum Gasteiger partial charge on any atom is -0.493 e. The third-order valence-corrected chi connectivity index (χ3v) is 3.65. The number of allylic oxidation sites excluding steroid dienone is 1. The van der Waals surface area contributed by atoms with Gasteiger partial charge in [-0.2, -0.15) is 5.26 Å². The average Bonchev–Trinajstić information content (AvgIpc) is 2.64. The molecule has 7 heteroatoms. The first-order chi connectivity index (χ1) is 12.5. The van der Waals surface area contributed by atoms with Crippen molar-refractivity contribution in [3.63, 3.8) is 0 Å². The molecule has 0 saturated carbocycles. The van der Waals surface area contributed by atoms with Gasteiger partial charge in [0.05, 0.1) is 28.7 Å². The van der Waals surface area contributed by atoms with Crippen LogP contribution >= 0.6 is 11.6 Å². The van der Waals surface area contributed by atoms with Gasteiger partial charge in [-0.05, 0) is 41.5 Å². The number of nitro benzene ring substituents is 1. The predicted molar refractivity (Wildman–Crippen MR) is 98.9 cm³/mol. The molecule has 0 fully saturated rings. The number of benzene rings is 2. The predicted octanol–water partition coefficient (Wildman–Crippen LogP) is 4.33. The second-order valence-corrected chi connectivity index (χ2v) is 5.41. The molecule has 0 aliphatic heterocycles. The summed E-state index contributed by atoms with van der Waals surface area (Å²) in [6, 6.07) is 11.0. The second-order valence-electron chi connectivity index (χ2n) is 5.00. The SMILES string of the molecule is C#CCOc1c(Cl)cc(/C=C(/C#N)c2ccc([N+](=O)[O-])cc2)cc1OC. The number of ether oxygens (including phenoxy) is 2. The molecule has 2 aromatic rings. The van der Waals surface area contributed by atoms with E-state index in [1.165, 1.54) is 31.4 Å². The number of rotatable bonds is 6. The minimum atomic E-state index is -0.501. The lowest BCUT2D eigenvalue weighted by molar-refractivity contribution is -0.384. The Morgan fingerprint density at radius 2 is 2.08 bits per heavy atom. The average molecular weight is 369 g/mol. The minimum absolute atomic E-state index is 0.0392. The monoisotopic (exact) mass is 368 g/mol. The molecule has 6 nitrogen and oxygen atoms in total. The van der Waals surface area contributed by atoms with E-state index >= 15 is 0 Å². The summed E-state index contributed by atoms with van der Waals surface area (Å²) in [6.07, 6.45) is 6.78. The number of halogens is 1. The Morgan fingerprint density at radius 1 is 1.38 bits per heavy atom. The molecular weight excluding hydrogens is 356 g/mol. The summed E-state index contributed by atoms with van der Waals surface area (Å²) in [5, 5.41) is 20.4.